The molecule has 0 N–H and O–H groups in total. The molecule has 1 fully saturated rings. The van der Waals surface area contributed by atoms with Crippen LogP contribution in [-0.2, 0) is 0 Å². The van der Waals surface area contributed by atoms with Crippen molar-refractivity contribution in [2.45, 2.75) is 19.3 Å². The highest BCUT2D eigenvalue weighted by Crippen LogP contribution is 2.28. The molecule has 6 nitrogen and oxygen atoms in total. The molecule has 6 heteroatoms. The third-order valence-corrected chi connectivity index (χ3v) is 2.95. The van der Waals surface area contributed by atoms with Gasteiger partial charge in [0.25, 0.3) is 0 Å². The summed E-state index contributed by atoms with van der Waals surface area (Å²) >= 11 is 0. The predicted octanol–water partition coefficient (Wildman–Crippen LogP) is 1.16. The van der Waals surface area contributed by atoms with E-state index in [1.165, 1.54) is 0 Å². The molecular weight excluding hydrogens is 218 g/mol. The highest BCUT2D eigenvalue weighted by molar-refractivity contribution is 5.37. The first-order valence-electron chi connectivity index (χ1n) is 5.64. The van der Waals surface area contributed by atoms with E-state index >= 15 is 0 Å². The SMILES string of the molecule is Cc1noc(C2CCN(c3cnccn3)C2)n1. The van der Waals surface area contributed by atoms with Crippen LogP contribution in [0.4, 0.5) is 5.82 Å². The van der Waals surface area contributed by atoms with Gasteiger partial charge in [-0.3, -0.25) is 4.98 Å². The minimum atomic E-state index is 0.304. The Balaban J connectivity index is 1.74. The summed E-state index contributed by atoms with van der Waals surface area (Å²) in [5.74, 6) is 2.64. The molecule has 3 heterocycles. The minimum absolute atomic E-state index is 0.304. The van der Waals surface area contributed by atoms with Crippen molar-refractivity contribution < 1.29 is 4.52 Å². The molecule has 1 unspecified atom stereocenters. The van der Waals surface area contributed by atoms with E-state index in [1.54, 1.807) is 18.6 Å². The normalized spacial score (nSPS) is 19.8. The standard InChI is InChI=1S/C11H13N5O/c1-8-14-11(17-15-8)9-2-5-16(7-9)10-6-12-3-4-13-10/h3-4,6,9H,2,5,7H2,1H3. The van der Waals surface area contributed by atoms with E-state index in [4.69, 9.17) is 4.52 Å². The van der Waals surface area contributed by atoms with Gasteiger partial charge in [-0.05, 0) is 13.3 Å². The first-order chi connectivity index (χ1) is 8.33. The molecule has 0 amide bonds. The molecule has 0 saturated carbocycles. The number of hydrogen-bond acceptors (Lipinski definition) is 6. The summed E-state index contributed by atoms with van der Waals surface area (Å²) in [6, 6.07) is 0. The van der Waals surface area contributed by atoms with Gasteiger partial charge in [0.1, 0.15) is 5.82 Å². The zero-order valence-electron chi connectivity index (χ0n) is 9.58. The summed E-state index contributed by atoms with van der Waals surface area (Å²) in [6.07, 6.45) is 6.18. The predicted molar refractivity (Wildman–Crippen MR) is 60.6 cm³/mol. The van der Waals surface area contributed by atoms with E-state index in [0.29, 0.717) is 11.7 Å². The molecule has 1 saturated heterocycles. The molecule has 88 valence electrons. The lowest BCUT2D eigenvalue weighted by Crippen LogP contribution is -2.20. The van der Waals surface area contributed by atoms with E-state index in [9.17, 15) is 0 Å². The lowest BCUT2D eigenvalue weighted by molar-refractivity contribution is 0.356. The van der Waals surface area contributed by atoms with Crippen molar-refractivity contribution in [3.63, 3.8) is 0 Å². The first kappa shape index (κ1) is 10.2. The lowest BCUT2D eigenvalue weighted by atomic mass is 10.1. The second-order valence-corrected chi connectivity index (χ2v) is 4.18. The zero-order valence-corrected chi connectivity index (χ0v) is 9.58. The van der Waals surface area contributed by atoms with Crippen LogP contribution in [0.5, 0.6) is 0 Å². The van der Waals surface area contributed by atoms with Crippen LogP contribution in [0.1, 0.15) is 24.1 Å². The van der Waals surface area contributed by atoms with Gasteiger partial charge in [0, 0.05) is 25.5 Å². The highest BCUT2D eigenvalue weighted by Gasteiger charge is 2.28. The van der Waals surface area contributed by atoms with E-state index < -0.39 is 0 Å². The van der Waals surface area contributed by atoms with E-state index in [-0.39, 0.29) is 0 Å². The molecule has 1 atom stereocenters. The Bertz CT molecular complexity index is 498. The molecule has 0 bridgehead atoms. The quantitative estimate of drug-likeness (QED) is 0.772. The summed E-state index contributed by atoms with van der Waals surface area (Å²) < 4.78 is 5.21. The van der Waals surface area contributed by atoms with Crippen LogP contribution in [0, 0.1) is 6.92 Å². The smallest absolute Gasteiger partial charge is 0.231 e. The van der Waals surface area contributed by atoms with Crippen LogP contribution < -0.4 is 4.90 Å². The van der Waals surface area contributed by atoms with Gasteiger partial charge >= 0.3 is 0 Å². The Labute approximate surface area is 98.7 Å². The third kappa shape index (κ3) is 1.98. The number of anilines is 1. The topological polar surface area (TPSA) is 67.9 Å². The number of aromatic nitrogens is 4. The van der Waals surface area contributed by atoms with Gasteiger partial charge in [0.05, 0.1) is 12.1 Å². The fourth-order valence-electron chi connectivity index (χ4n) is 2.10. The molecule has 0 aliphatic carbocycles. The average Bonchev–Trinajstić information content (AvgIpc) is 2.98. The fraction of sp³-hybridized carbons (Fsp3) is 0.455. The number of hydrogen-bond donors (Lipinski definition) is 0. The van der Waals surface area contributed by atoms with E-state index in [1.807, 2.05) is 6.92 Å². The second kappa shape index (κ2) is 4.12. The van der Waals surface area contributed by atoms with Crippen molar-refractivity contribution in [3.8, 4) is 0 Å². The molecule has 0 radical (unpaired) electrons. The molecule has 17 heavy (non-hydrogen) atoms. The van der Waals surface area contributed by atoms with Crippen molar-refractivity contribution in [1.29, 1.82) is 0 Å². The Kier molecular flexibility index (Phi) is 2.47. The van der Waals surface area contributed by atoms with Gasteiger partial charge in [-0.15, -0.1) is 0 Å². The average molecular weight is 231 g/mol. The van der Waals surface area contributed by atoms with E-state index in [2.05, 4.69) is 25.0 Å². The van der Waals surface area contributed by atoms with Crippen LogP contribution in [0.2, 0.25) is 0 Å². The van der Waals surface area contributed by atoms with E-state index in [0.717, 1.165) is 31.2 Å². The van der Waals surface area contributed by atoms with Crippen LogP contribution in [0.3, 0.4) is 0 Å². The summed E-state index contributed by atoms with van der Waals surface area (Å²) in [5.41, 5.74) is 0. The van der Waals surface area contributed by atoms with Gasteiger partial charge in [-0.25, -0.2) is 4.98 Å². The Morgan fingerprint density at radius 1 is 1.41 bits per heavy atom. The summed E-state index contributed by atoms with van der Waals surface area (Å²) in [6.45, 7) is 3.65. The molecule has 1 aliphatic rings. The molecule has 0 aromatic carbocycles. The second-order valence-electron chi connectivity index (χ2n) is 4.18. The van der Waals surface area contributed by atoms with Crippen molar-refractivity contribution in [3.05, 3.63) is 30.3 Å². The molecule has 2 aromatic rings. The van der Waals surface area contributed by atoms with Gasteiger partial charge in [-0.1, -0.05) is 5.16 Å². The van der Waals surface area contributed by atoms with Crippen molar-refractivity contribution in [2.24, 2.45) is 0 Å². The summed E-state index contributed by atoms with van der Waals surface area (Å²) in [5, 5.41) is 3.83. The minimum Gasteiger partial charge on any atom is -0.355 e. The Morgan fingerprint density at radius 3 is 3.06 bits per heavy atom. The Hall–Kier alpha value is -1.98. The van der Waals surface area contributed by atoms with Crippen LogP contribution in [-0.4, -0.2) is 33.2 Å². The van der Waals surface area contributed by atoms with Gasteiger partial charge in [0.15, 0.2) is 5.82 Å². The van der Waals surface area contributed by atoms with Crippen LogP contribution >= 0.6 is 0 Å². The lowest BCUT2D eigenvalue weighted by Gasteiger charge is -2.15. The van der Waals surface area contributed by atoms with Gasteiger partial charge in [-0.2, -0.15) is 4.98 Å². The molecule has 3 rings (SSSR count). The number of aryl methyl sites for hydroxylation is 1. The Morgan fingerprint density at radius 2 is 2.35 bits per heavy atom. The zero-order chi connectivity index (χ0) is 11.7. The van der Waals surface area contributed by atoms with Gasteiger partial charge in [0.2, 0.25) is 5.89 Å². The highest BCUT2D eigenvalue weighted by atomic mass is 16.5. The maximum absolute atomic E-state index is 5.21. The monoisotopic (exact) mass is 231 g/mol. The first-order valence-corrected chi connectivity index (χ1v) is 5.64. The largest absolute Gasteiger partial charge is 0.355 e. The fourth-order valence-corrected chi connectivity index (χ4v) is 2.10. The van der Waals surface area contributed by atoms with Crippen molar-refractivity contribution in [2.75, 3.05) is 18.0 Å². The molecule has 1 aliphatic heterocycles. The molecule has 0 spiro atoms. The van der Waals surface area contributed by atoms with Crippen molar-refractivity contribution >= 4 is 5.82 Å². The number of nitrogens with zero attached hydrogens (tertiary/aromatic N) is 5. The maximum atomic E-state index is 5.21. The summed E-state index contributed by atoms with van der Waals surface area (Å²) in [4.78, 5) is 14.8. The molecular formula is C11H13N5O. The summed E-state index contributed by atoms with van der Waals surface area (Å²) in [7, 11) is 0. The molecule has 2 aromatic heterocycles. The third-order valence-electron chi connectivity index (χ3n) is 2.95. The van der Waals surface area contributed by atoms with Crippen LogP contribution in [0.15, 0.2) is 23.1 Å². The van der Waals surface area contributed by atoms with Gasteiger partial charge < -0.3 is 9.42 Å². The maximum Gasteiger partial charge on any atom is 0.231 e. The van der Waals surface area contributed by atoms with Crippen LogP contribution in [0.25, 0.3) is 0 Å². The number of rotatable bonds is 2. The van der Waals surface area contributed by atoms with Crippen molar-refractivity contribution in [1.82, 2.24) is 20.1 Å².